The van der Waals surface area contributed by atoms with Crippen molar-refractivity contribution in [1.29, 1.82) is 0 Å². The lowest BCUT2D eigenvalue weighted by atomic mass is 9.82. The maximum Gasteiger partial charge on any atom is 0.221 e. The van der Waals surface area contributed by atoms with Gasteiger partial charge < -0.3 is 5.32 Å². The van der Waals surface area contributed by atoms with Crippen LogP contribution in [0.5, 0.6) is 0 Å². The normalized spacial score (nSPS) is 12.7. The number of nitrogens with one attached hydrogen (secondary N) is 1. The summed E-state index contributed by atoms with van der Waals surface area (Å²) < 4.78 is 0. The third kappa shape index (κ3) is 7.25. The van der Waals surface area contributed by atoms with Gasteiger partial charge in [0.05, 0.1) is 0 Å². The van der Waals surface area contributed by atoms with E-state index in [-0.39, 0.29) is 16.9 Å². The Balaban J connectivity index is 4.13. The highest BCUT2D eigenvalue weighted by Gasteiger charge is 2.26. The molecular weight excluding hydrogens is 194 g/mol. The van der Waals surface area contributed by atoms with E-state index >= 15 is 0 Å². The maximum absolute atomic E-state index is 11.4. The van der Waals surface area contributed by atoms with Gasteiger partial charge in [0.2, 0.25) is 5.91 Å². The second kappa shape index (κ2) is 5.06. The first-order chi connectivity index (χ1) is 6.16. The molecule has 2 nitrogen and oxygen atoms in total. The Morgan fingerprint density at radius 2 is 1.71 bits per heavy atom. The molecule has 0 aliphatic carbocycles. The Kier molecular flexibility index (Phi) is 4.99. The zero-order valence-corrected chi connectivity index (χ0v) is 10.9. The van der Waals surface area contributed by atoms with Gasteiger partial charge in [-0.05, 0) is 31.4 Å². The van der Waals surface area contributed by atoms with Crippen LogP contribution in [-0.4, -0.2) is 17.2 Å². The number of carbonyl (C=O) groups excluding carboxylic acids is 1. The number of rotatable bonds is 4. The molecule has 3 heteroatoms. The molecule has 0 atom stereocenters. The van der Waals surface area contributed by atoms with Gasteiger partial charge in [0.25, 0.3) is 0 Å². The van der Waals surface area contributed by atoms with Gasteiger partial charge in [0, 0.05) is 12.0 Å². The summed E-state index contributed by atoms with van der Waals surface area (Å²) >= 11 is 4.04. The lowest BCUT2D eigenvalue weighted by Gasteiger charge is -2.33. The predicted molar refractivity (Wildman–Crippen MR) is 64.8 cm³/mol. The van der Waals surface area contributed by atoms with Crippen molar-refractivity contribution >= 4 is 18.5 Å². The van der Waals surface area contributed by atoms with Gasteiger partial charge in [-0.2, -0.15) is 12.6 Å². The van der Waals surface area contributed by atoms with Gasteiger partial charge in [-0.25, -0.2) is 0 Å². The molecular formula is C11H23NOS. The molecule has 84 valence electrons. The van der Waals surface area contributed by atoms with Gasteiger partial charge in [0.15, 0.2) is 0 Å². The van der Waals surface area contributed by atoms with Crippen molar-refractivity contribution in [2.45, 2.75) is 53.0 Å². The summed E-state index contributed by atoms with van der Waals surface area (Å²) in [6, 6.07) is 0. The molecule has 0 bridgehead atoms. The van der Waals surface area contributed by atoms with Crippen LogP contribution in [0.1, 0.15) is 47.5 Å². The van der Waals surface area contributed by atoms with Crippen LogP contribution in [0.4, 0.5) is 0 Å². The first kappa shape index (κ1) is 13.8. The lowest BCUT2D eigenvalue weighted by Crippen LogP contribution is -2.45. The summed E-state index contributed by atoms with van der Waals surface area (Å²) in [6.45, 7) is 10.7. The van der Waals surface area contributed by atoms with Crippen molar-refractivity contribution in [3.05, 3.63) is 0 Å². The summed E-state index contributed by atoms with van der Waals surface area (Å²) in [5.74, 6) is 0.700. The maximum atomic E-state index is 11.4. The minimum atomic E-state index is -0.127. The summed E-state index contributed by atoms with van der Waals surface area (Å²) in [6.07, 6.45) is 1.47. The fourth-order valence-corrected chi connectivity index (χ4v) is 2.11. The van der Waals surface area contributed by atoms with E-state index in [9.17, 15) is 4.79 Å². The van der Waals surface area contributed by atoms with Crippen LogP contribution in [0, 0.1) is 5.41 Å². The monoisotopic (exact) mass is 217 g/mol. The van der Waals surface area contributed by atoms with Gasteiger partial charge in [-0.1, -0.05) is 20.8 Å². The van der Waals surface area contributed by atoms with Gasteiger partial charge >= 0.3 is 0 Å². The van der Waals surface area contributed by atoms with E-state index < -0.39 is 0 Å². The summed E-state index contributed by atoms with van der Waals surface area (Å²) in [7, 11) is 0. The zero-order valence-electron chi connectivity index (χ0n) is 9.98. The highest BCUT2D eigenvalue weighted by Crippen LogP contribution is 2.26. The molecule has 0 saturated carbocycles. The zero-order chi connectivity index (χ0) is 11.4. The number of thiol groups is 1. The molecule has 0 heterocycles. The fraction of sp³-hybridized carbons (Fsp3) is 0.909. The third-order valence-corrected chi connectivity index (χ3v) is 2.01. The van der Waals surface area contributed by atoms with Crippen molar-refractivity contribution in [1.82, 2.24) is 5.32 Å². The number of amides is 1. The van der Waals surface area contributed by atoms with Crippen LogP contribution in [0.25, 0.3) is 0 Å². The van der Waals surface area contributed by atoms with Crippen molar-refractivity contribution in [3.8, 4) is 0 Å². The molecule has 0 aromatic carbocycles. The number of hydrogen-bond donors (Lipinski definition) is 2. The summed E-state index contributed by atoms with van der Waals surface area (Å²) in [4.78, 5) is 11.4. The average Bonchev–Trinajstić information content (AvgIpc) is 1.78. The molecule has 0 aliphatic heterocycles. The van der Waals surface area contributed by atoms with E-state index in [4.69, 9.17) is 0 Å². The van der Waals surface area contributed by atoms with Crippen LogP contribution in [0.2, 0.25) is 0 Å². The lowest BCUT2D eigenvalue weighted by molar-refractivity contribution is -0.122. The molecule has 0 unspecified atom stereocenters. The van der Waals surface area contributed by atoms with Crippen molar-refractivity contribution < 1.29 is 4.79 Å². The Labute approximate surface area is 93.3 Å². The van der Waals surface area contributed by atoms with Crippen LogP contribution in [-0.2, 0) is 4.79 Å². The van der Waals surface area contributed by atoms with Crippen LogP contribution in [0.15, 0.2) is 0 Å². The average molecular weight is 217 g/mol. The Bertz CT molecular complexity index is 194. The molecule has 0 aromatic heterocycles. The van der Waals surface area contributed by atoms with E-state index in [0.717, 1.165) is 6.42 Å². The summed E-state index contributed by atoms with van der Waals surface area (Å²) in [5.41, 5.74) is 0.107. The number of hydrogen-bond acceptors (Lipinski definition) is 2. The Morgan fingerprint density at radius 3 is 2.07 bits per heavy atom. The van der Waals surface area contributed by atoms with Crippen molar-refractivity contribution in [3.63, 3.8) is 0 Å². The summed E-state index contributed by atoms with van der Waals surface area (Å²) in [5, 5.41) is 3.03. The minimum Gasteiger partial charge on any atom is -0.351 e. The van der Waals surface area contributed by atoms with E-state index in [1.807, 2.05) is 0 Å². The molecule has 0 aliphatic rings. The Morgan fingerprint density at radius 1 is 1.21 bits per heavy atom. The molecule has 0 spiro atoms. The molecule has 1 N–H and O–H groups in total. The largest absolute Gasteiger partial charge is 0.351 e. The highest BCUT2D eigenvalue weighted by atomic mass is 32.1. The molecule has 1 amide bonds. The van der Waals surface area contributed by atoms with Crippen molar-refractivity contribution in [2.24, 2.45) is 5.41 Å². The van der Waals surface area contributed by atoms with E-state index in [2.05, 4.69) is 52.6 Å². The topological polar surface area (TPSA) is 29.1 Å². The number of carbonyl (C=O) groups is 1. The predicted octanol–water partition coefficient (Wildman–Crippen LogP) is 2.64. The second-order valence-corrected chi connectivity index (χ2v) is 6.09. The quantitative estimate of drug-likeness (QED) is 0.696. The second-order valence-electron chi connectivity index (χ2n) is 5.64. The first-order valence-corrected chi connectivity index (χ1v) is 5.71. The van der Waals surface area contributed by atoms with Crippen molar-refractivity contribution in [2.75, 3.05) is 5.75 Å². The molecule has 0 aromatic rings. The Hall–Kier alpha value is -0.180. The molecule has 0 fully saturated rings. The molecule has 0 rings (SSSR count). The van der Waals surface area contributed by atoms with E-state index in [0.29, 0.717) is 12.2 Å². The van der Waals surface area contributed by atoms with Gasteiger partial charge in [-0.15, -0.1) is 0 Å². The smallest absolute Gasteiger partial charge is 0.221 e. The molecule has 0 saturated heterocycles. The van der Waals surface area contributed by atoms with Gasteiger partial charge in [-0.3, -0.25) is 4.79 Å². The van der Waals surface area contributed by atoms with Crippen LogP contribution >= 0.6 is 12.6 Å². The van der Waals surface area contributed by atoms with Gasteiger partial charge in [0.1, 0.15) is 0 Å². The van der Waals surface area contributed by atoms with Crippen LogP contribution in [0.3, 0.4) is 0 Å². The SMILES string of the molecule is CC(C)(C)CC(C)(C)NC(=O)CCS. The van der Waals surface area contributed by atoms with Crippen LogP contribution < -0.4 is 5.32 Å². The standard InChI is InChI=1S/C11H23NOS/c1-10(2,3)8-11(4,5)12-9(13)6-7-14/h14H,6-8H2,1-5H3,(H,12,13). The fourth-order valence-electron chi connectivity index (χ4n) is 1.91. The molecule has 14 heavy (non-hydrogen) atoms. The minimum absolute atomic E-state index is 0.0919. The molecule has 0 radical (unpaired) electrons. The van der Waals surface area contributed by atoms with E-state index in [1.54, 1.807) is 0 Å². The third-order valence-electron chi connectivity index (χ3n) is 1.79. The van der Waals surface area contributed by atoms with E-state index in [1.165, 1.54) is 0 Å². The highest BCUT2D eigenvalue weighted by molar-refractivity contribution is 7.80. The first-order valence-electron chi connectivity index (χ1n) is 5.08.